The molecule has 0 spiro atoms. The molecular formula is C25H25F2N5O2S. The van der Waals surface area contributed by atoms with Crippen LogP contribution in [-0.4, -0.2) is 58.6 Å². The van der Waals surface area contributed by atoms with Gasteiger partial charge in [0.15, 0.2) is 5.65 Å². The fourth-order valence-corrected chi connectivity index (χ4v) is 6.08. The fraction of sp³-hybridized carbons (Fsp3) is 0.280. The Bertz CT molecular complexity index is 1420. The molecule has 7 nitrogen and oxygen atoms in total. The van der Waals surface area contributed by atoms with Crippen molar-refractivity contribution in [1.29, 1.82) is 0 Å². The number of fused-ring (bicyclic) bond motifs is 1. The predicted molar refractivity (Wildman–Crippen MR) is 128 cm³/mol. The first-order valence-electron chi connectivity index (χ1n) is 11.3. The molecule has 5 rings (SSSR count). The van der Waals surface area contributed by atoms with Crippen molar-refractivity contribution < 1.29 is 17.2 Å². The van der Waals surface area contributed by atoms with E-state index < -0.39 is 10.0 Å². The Morgan fingerprint density at radius 3 is 1.97 bits per heavy atom. The maximum atomic E-state index is 13.6. The number of sulfonamides is 1. The minimum atomic E-state index is -3.74. The monoisotopic (exact) mass is 497 g/mol. The van der Waals surface area contributed by atoms with E-state index in [1.54, 1.807) is 42.1 Å². The molecule has 3 heterocycles. The average molecular weight is 498 g/mol. The van der Waals surface area contributed by atoms with E-state index in [0.29, 0.717) is 24.1 Å². The van der Waals surface area contributed by atoms with Crippen LogP contribution in [-0.2, 0) is 17.1 Å². The molecule has 2 aromatic carbocycles. The summed E-state index contributed by atoms with van der Waals surface area (Å²) in [6.45, 7) is 3.31. The quantitative estimate of drug-likeness (QED) is 0.421. The highest BCUT2D eigenvalue weighted by molar-refractivity contribution is 7.89. The highest BCUT2D eigenvalue weighted by Gasteiger charge is 2.33. The van der Waals surface area contributed by atoms with Crippen molar-refractivity contribution >= 4 is 21.1 Å². The van der Waals surface area contributed by atoms with E-state index in [1.165, 1.54) is 34.8 Å². The van der Waals surface area contributed by atoms with Crippen molar-refractivity contribution in [3.63, 3.8) is 0 Å². The van der Waals surface area contributed by atoms with Gasteiger partial charge in [0.25, 0.3) is 0 Å². The number of rotatable bonds is 5. The van der Waals surface area contributed by atoms with E-state index in [0.717, 1.165) is 16.8 Å². The molecule has 0 radical (unpaired) electrons. The number of halogens is 2. The molecule has 0 unspecified atom stereocenters. The molecule has 0 bridgehead atoms. The van der Waals surface area contributed by atoms with Gasteiger partial charge in [-0.05, 0) is 48.4 Å². The molecule has 1 aliphatic rings. The molecule has 4 aromatic rings. The second-order valence-electron chi connectivity index (χ2n) is 8.70. The summed E-state index contributed by atoms with van der Waals surface area (Å²) in [5.41, 5.74) is 3.07. The molecule has 1 fully saturated rings. The minimum absolute atomic E-state index is 0.142. The van der Waals surface area contributed by atoms with Gasteiger partial charge in [0, 0.05) is 44.8 Å². The summed E-state index contributed by atoms with van der Waals surface area (Å²) in [6, 6.07) is 13.8. The summed E-state index contributed by atoms with van der Waals surface area (Å²) in [5, 5.41) is 5.02. The Balaban J connectivity index is 1.40. The number of pyridine rings is 1. The molecule has 0 aliphatic carbocycles. The molecule has 0 amide bonds. The normalized spacial score (nSPS) is 15.8. The smallest absolute Gasteiger partial charge is 0.244 e. The van der Waals surface area contributed by atoms with Crippen molar-refractivity contribution in [2.75, 3.05) is 26.2 Å². The van der Waals surface area contributed by atoms with Gasteiger partial charge < -0.3 is 0 Å². The Kier molecular flexibility index (Phi) is 6.12. The molecule has 2 aromatic heterocycles. The molecule has 1 saturated heterocycles. The number of hydrogen-bond acceptors (Lipinski definition) is 5. The Morgan fingerprint density at radius 2 is 1.43 bits per heavy atom. The Morgan fingerprint density at radius 1 is 0.886 bits per heavy atom. The molecular weight excluding hydrogens is 472 g/mol. The summed E-state index contributed by atoms with van der Waals surface area (Å²) in [6.07, 6.45) is 1.38. The summed E-state index contributed by atoms with van der Waals surface area (Å²) in [5.74, 6) is -0.672. The van der Waals surface area contributed by atoms with Gasteiger partial charge in [-0.25, -0.2) is 22.2 Å². The molecule has 10 heteroatoms. The van der Waals surface area contributed by atoms with E-state index in [4.69, 9.17) is 0 Å². The van der Waals surface area contributed by atoms with E-state index in [1.807, 2.05) is 6.92 Å². The minimum Gasteiger partial charge on any atom is -0.290 e. The predicted octanol–water partition coefficient (Wildman–Crippen LogP) is 3.65. The third kappa shape index (κ3) is 4.44. The lowest BCUT2D eigenvalue weighted by Gasteiger charge is -2.39. The van der Waals surface area contributed by atoms with Crippen LogP contribution in [0.3, 0.4) is 0 Å². The lowest BCUT2D eigenvalue weighted by atomic mass is 9.96. The van der Waals surface area contributed by atoms with Gasteiger partial charge in [-0.15, -0.1) is 0 Å². The van der Waals surface area contributed by atoms with Crippen molar-refractivity contribution in [3.8, 4) is 0 Å². The summed E-state index contributed by atoms with van der Waals surface area (Å²) in [4.78, 5) is 6.60. The summed E-state index contributed by atoms with van der Waals surface area (Å²) in [7, 11) is -1.97. The number of piperazine rings is 1. The van der Waals surface area contributed by atoms with Crippen LogP contribution in [0, 0.1) is 18.6 Å². The lowest BCUT2D eigenvalue weighted by molar-refractivity contribution is 0.155. The van der Waals surface area contributed by atoms with Gasteiger partial charge >= 0.3 is 0 Å². The van der Waals surface area contributed by atoms with Gasteiger partial charge in [-0.1, -0.05) is 24.3 Å². The zero-order valence-electron chi connectivity index (χ0n) is 19.4. The zero-order chi connectivity index (χ0) is 24.7. The Labute approximate surface area is 202 Å². The summed E-state index contributed by atoms with van der Waals surface area (Å²) >= 11 is 0. The van der Waals surface area contributed by atoms with Gasteiger partial charge in [0.1, 0.15) is 16.5 Å². The second-order valence-corrected chi connectivity index (χ2v) is 10.6. The van der Waals surface area contributed by atoms with Gasteiger partial charge in [0.2, 0.25) is 10.0 Å². The van der Waals surface area contributed by atoms with Crippen LogP contribution in [0.15, 0.2) is 65.7 Å². The molecule has 35 heavy (non-hydrogen) atoms. The highest BCUT2D eigenvalue weighted by atomic mass is 32.2. The second kappa shape index (κ2) is 9.10. The first-order chi connectivity index (χ1) is 16.7. The number of aromatic nitrogens is 3. The average Bonchev–Trinajstić information content (AvgIpc) is 3.15. The lowest BCUT2D eigenvalue weighted by Crippen LogP contribution is -2.49. The van der Waals surface area contributed by atoms with Gasteiger partial charge in [-0.2, -0.15) is 9.40 Å². The first-order valence-corrected chi connectivity index (χ1v) is 12.7. The number of hydrogen-bond donors (Lipinski definition) is 0. The summed E-state index contributed by atoms with van der Waals surface area (Å²) < 4.78 is 57.0. The number of aryl methyl sites for hydroxylation is 2. The zero-order valence-corrected chi connectivity index (χ0v) is 20.2. The first kappa shape index (κ1) is 23.5. The highest BCUT2D eigenvalue weighted by Crippen LogP contribution is 2.31. The topological polar surface area (TPSA) is 71.3 Å². The third-order valence-electron chi connectivity index (χ3n) is 6.49. The fourth-order valence-electron chi connectivity index (χ4n) is 4.69. The van der Waals surface area contributed by atoms with Crippen LogP contribution >= 0.6 is 0 Å². The van der Waals surface area contributed by atoms with Crippen molar-refractivity contribution in [2.45, 2.75) is 17.9 Å². The van der Waals surface area contributed by atoms with Crippen LogP contribution in [0.25, 0.3) is 11.0 Å². The third-order valence-corrected chi connectivity index (χ3v) is 8.35. The molecule has 0 atom stereocenters. The standard InChI is InChI=1S/C25H25F2N5O2S/c1-17-23-15-22(16-28-25(23)30(2)29-17)35(33,34)32-13-11-31(12-14-32)24(18-3-7-20(26)8-4-18)19-5-9-21(27)10-6-19/h3-10,15-16,24H,11-14H2,1-2H3. The van der Waals surface area contributed by atoms with E-state index >= 15 is 0 Å². The van der Waals surface area contributed by atoms with Crippen LogP contribution in [0.4, 0.5) is 8.78 Å². The Hall–Kier alpha value is -3.21. The van der Waals surface area contributed by atoms with Crippen molar-refractivity contribution in [2.24, 2.45) is 7.05 Å². The van der Waals surface area contributed by atoms with Crippen LogP contribution in [0.2, 0.25) is 0 Å². The molecule has 0 N–H and O–H groups in total. The van der Waals surface area contributed by atoms with Crippen LogP contribution in [0.5, 0.6) is 0 Å². The number of nitrogens with zero attached hydrogens (tertiary/aromatic N) is 5. The van der Waals surface area contributed by atoms with Crippen LogP contribution in [0.1, 0.15) is 22.9 Å². The van der Waals surface area contributed by atoms with Gasteiger partial charge in [-0.3, -0.25) is 9.58 Å². The molecule has 182 valence electrons. The van der Waals surface area contributed by atoms with Crippen molar-refractivity contribution in [1.82, 2.24) is 24.0 Å². The van der Waals surface area contributed by atoms with E-state index in [2.05, 4.69) is 15.0 Å². The largest absolute Gasteiger partial charge is 0.290 e. The maximum absolute atomic E-state index is 13.6. The van der Waals surface area contributed by atoms with Gasteiger partial charge in [0.05, 0.1) is 11.7 Å². The van der Waals surface area contributed by atoms with Crippen LogP contribution < -0.4 is 0 Å². The van der Waals surface area contributed by atoms with Crippen molar-refractivity contribution in [3.05, 3.63) is 89.2 Å². The number of benzene rings is 2. The van der Waals surface area contributed by atoms with E-state index in [9.17, 15) is 17.2 Å². The van der Waals surface area contributed by atoms with E-state index in [-0.39, 0.29) is 35.7 Å². The molecule has 1 aliphatic heterocycles. The maximum Gasteiger partial charge on any atom is 0.244 e. The SMILES string of the molecule is Cc1nn(C)c2ncc(S(=O)(=O)N3CCN(C(c4ccc(F)cc4)c4ccc(F)cc4)CC3)cc12. The molecule has 0 saturated carbocycles.